The molecular weight excluding hydrogens is 434 g/mol. The van der Waals surface area contributed by atoms with Crippen molar-refractivity contribution >= 4 is 50.4 Å². The zero-order valence-corrected chi connectivity index (χ0v) is 17.1. The number of hydrogen-bond donors (Lipinski definition) is 2. The SMILES string of the molecule is CCNC(=O)c1cccc(CNC(=O)c2csc(-c3cc(Br)cs3)n2)c1. The Hall–Kier alpha value is -2.03. The number of carbonyl (C=O) groups excluding carboxylic acids is 2. The molecule has 2 N–H and O–H groups in total. The summed E-state index contributed by atoms with van der Waals surface area (Å²) in [6.45, 7) is 2.79. The minimum Gasteiger partial charge on any atom is -0.352 e. The summed E-state index contributed by atoms with van der Waals surface area (Å²) in [7, 11) is 0. The third-order valence-electron chi connectivity index (χ3n) is 3.49. The number of nitrogens with zero attached hydrogens (tertiary/aromatic N) is 1. The summed E-state index contributed by atoms with van der Waals surface area (Å²) in [6, 6.07) is 9.20. The molecule has 2 amide bonds. The predicted octanol–water partition coefficient (Wildman–Crippen LogP) is 4.31. The van der Waals surface area contributed by atoms with Crippen molar-refractivity contribution in [3.8, 4) is 9.88 Å². The molecule has 26 heavy (non-hydrogen) atoms. The first-order valence-corrected chi connectivity index (χ1v) is 10.5. The van der Waals surface area contributed by atoms with Gasteiger partial charge in [-0.2, -0.15) is 0 Å². The Balaban J connectivity index is 1.63. The highest BCUT2D eigenvalue weighted by atomic mass is 79.9. The minimum atomic E-state index is -0.230. The minimum absolute atomic E-state index is 0.119. The normalized spacial score (nSPS) is 10.5. The monoisotopic (exact) mass is 449 g/mol. The third-order valence-corrected chi connectivity index (χ3v) is 6.20. The summed E-state index contributed by atoms with van der Waals surface area (Å²) in [5.41, 5.74) is 1.84. The Morgan fingerprint density at radius 3 is 2.69 bits per heavy atom. The number of aromatic nitrogens is 1. The lowest BCUT2D eigenvalue weighted by Crippen LogP contribution is -2.24. The molecule has 0 saturated heterocycles. The van der Waals surface area contributed by atoms with Crippen molar-refractivity contribution in [2.45, 2.75) is 13.5 Å². The molecule has 0 atom stereocenters. The molecule has 0 aliphatic rings. The van der Waals surface area contributed by atoms with Gasteiger partial charge in [-0.05, 0) is 46.6 Å². The van der Waals surface area contributed by atoms with Crippen molar-refractivity contribution in [2.24, 2.45) is 0 Å². The summed E-state index contributed by atoms with van der Waals surface area (Å²) in [5.74, 6) is -0.349. The Bertz CT molecular complexity index is 936. The molecule has 0 aliphatic heterocycles. The smallest absolute Gasteiger partial charge is 0.271 e. The van der Waals surface area contributed by atoms with Gasteiger partial charge >= 0.3 is 0 Å². The average molecular weight is 450 g/mol. The van der Waals surface area contributed by atoms with E-state index < -0.39 is 0 Å². The Kier molecular flexibility index (Phi) is 6.18. The van der Waals surface area contributed by atoms with Crippen LogP contribution in [0, 0.1) is 0 Å². The first kappa shape index (κ1) is 18.8. The van der Waals surface area contributed by atoms with E-state index >= 15 is 0 Å². The Labute approximate surface area is 167 Å². The number of benzene rings is 1. The number of halogens is 1. The van der Waals surface area contributed by atoms with Gasteiger partial charge in [0.2, 0.25) is 0 Å². The predicted molar refractivity (Wildman–Crippen MR) is 109 cm³/mol. The molecule has 0 bridgehead atoms. The van der Waals surface area contributed by atoms with Crippen LogP contribution in [0.1, 0.15) is 33.3 Å². The van der Waals surface area contributed by atoms with Gasteiger partial charge in [-0.3, -0.25) is 9.59 Å². The van der Waals surface area contributed by atoms with Gasteiger partial charge in [0.15, 0.2) is 0 Å². The first-order chi connectivity index (χ1) is 12.6. The molecular formula is C18H16BrN3O2S2. The van der Waals surface area contributed by atoms with Crippen LogP contribution in [0.4, 0.5) is 0 Å². The van der Waals surface area contributed by atoms with Gasteiger partial charge in [0.1, 0.15) is 10.7 Å². The van der Waals surface area contributed by atoms with E-state index in [-0.39, 0.29) is 11.8 Å². The summed E-state index contributed by atoms with van der Waals surface area (Å²) < 4.78 is 1.01. The van der Waals surface area contributed by atoms with Gasteiger partial charge in [0.05, 0.1) is 4.88 Å². The largest absolute Gasteiger partial charge is 0.352 e. The van der Waals surface area contributed by atoms with Crippen molar-refractivity contribution in [2.75, 3.05) is 6.54 Å². The second kappa shape index (κ2) is 8.57. The molecule has 2 heterocycles. The second-order valence-corrected chi connectivity index (χ2v) is 8.09. The highest BCUT2D eigenvalue weighted by Crippen LogP contribution is 2.31. The number of thiazole rings is 1. The second-order valence-electron chi connectivity index (χ2n) is 5.41. The van der Waals surface area contributed by atoms with Crippen LogP contribution in [-0.4, -0.2) is 23.3 Å². The van der Waals surface area contributed by atoms with Crippen LogP contribution in [0.2, 0.25) is 0 Å². The van der Waals surface area contributed by atoms with Crippen LogP contribution in [0.5, 0.6) is 0 Å². The zero-order chi connectivity index (χ0) is 18.5. The fourth-order valence-electron chi connectivity index (χ4n) is 2.27. The van der Waals surface area contributed by atoms with E-state index in [9.17, 15) is 9.59 Å². The highest BCUT2D eigenvalue weighted by Gasteiger charge is 2.13. The highest BCUT2D eigenvalue weighted by molar-refractivity contribution is 9.10. The van der Waals surface area contributed by atoms with Gasteiger partial charge in [0.25, 0.3) is 11.8 Å². The number of nitrogens with one attached hydrogen (secondary N) is 2. The Morgan fingerprint density at radius 1 is 1.12 bits per heavy atom. The molecule has 0 fully saturated rings. The molecule has 0 saturated carbocycles. The number of hydrogen-bond acceptors (Lipinski definition) is 5. The van der Waals surface area contributed by atoms with Gasteiger partial charge in [-0.15, -0.1) is 22.7 Å². The van der Waals surface area contributed by atoms with Gasteiger partial charge in [-0.25, -0.2) is 4.98 Å². The maximum Gasteiger partial charge on any atom is 0.271 e. The zero-order valence-electron chi connectivity index (χ0n) is 13.9. The molecule has 5 nitrogen and oxygen atoms in total. The molecule has 0 aliphatic carbocycles. The van der Waals surface area contributed by atoms with E-state index in [0.29, 0.717) is 24.3 Å². The number of thiophene rings is 1. The van der Waals surface area contributed by atoms with E-state index in [4.69, 9.17) is 0 Å². The van der Waals surface area contributed by atoms with Crippen LogP contribution in [0.25, 0.3) is 9.88 Å². The van der Waals surface area contributed by atoms with E-state index in [1.165, 1.54) is 11.3 Å². The van der Waals surface area contributed by atoms with Crippen LogP contribution < -0.4 is 10.6 Å². The molecule has 0 radical (unpaired) electrons. The molecule has 3 rings (SSSR count). The Morgan fingerprint density at radius 2 is 1.96 bits per heavy atom. The topological polar surface area (TPSA) is 71.1 Å². The molecule has 134 valence electrons. The van der Waals surface area contributed by atoms with Crippen LogP contribution in [-0.2, 0) is 6.54 Å². The van der Waals surface area contributed by atoms with Gasteiger partial charge in [-0.1, -0.05) is 12.1 Å². The lowest BCUT2D eigenvalue weighted by molar-refractivity contribution is 0.0944. The first-order valence-electron chi connectivity index (χ1n) is 7.92. The molecule has 0 unspecified atom stereocenters. The summed E-state index contributed by atoms with van der Waals surface area (Å²) in [5, 5.41) is 10.2. The van der Waals surface area contributed by atoms with Crippen LogP contribution in [0.3, 0.4) is 0 Å². The van der Waals surface area contributed by atoms with Gasteiger partial charge in [0, 0.05) is 33.9 Å². The number of carbonyl (C=O) groups is 2. The van der Waals surface area contributed by atoms with Gasteiger partial charge < -0.3 is 10.6 Å². The maximum absolute atomic E-state index is 12.3. The quantitative estimate of drug-likeness (QED) is 0.588. The fourth-order valence-corrected chi connectivity index (χ4v) is 4.58. The standard InChI is InChI=1S/C18H16BrN3O2S2/c1-2-20-16(23)12-5-3-4-11(6-12)8-21-17(24)14-10-26-18(22-14)15-7-13(19)9-25-15/h3-7,9-10H,2,8H2,1H3,(H,20,23)(H,21,24). The summed E-state index contributed by atoms with van der Waals surface area (Å²) in [4.78, 5) is 29.7. The van der Waals surface area contributed by atoms with Crippen molar-refractivity contribution < 1.29 is 9.59 Å². The fraction of sp³-hybridized carbons (Fsp3) is 0.167. The number of amides is 2. The number of rotatable bonds is 6. The van der Waals surface area contributed by atoms with Crippen LogP contribution >= 0.6 is 38.6 Å². The van der Waals surface area contributed by atoms with Crippen molar-refractivity contribution in [1.82, 2.24) is 15.6 Å². The van der Waals surface area contributed by atoms with Crippen LogP contribution in [0.15, 0.2) is 45.6 Å². The van der Waals surface area contributed by atoms with E-state index in [2.05, 4.69) is 31.5 Å². The summed E-state index contributed by atoms with van der Waals surface area (Å²) in [6.07, 6.45) is 0. The van der Waals surface area contributed by atoms with Crippen molar-refractivity contribution in [3.63, 3.8) is 0 Å². The van der Waals surface area contributed by atoms with Crippen molar-refractivity contribution in [1.29, 1.82) is 0 Å². The van der Waals surface area contributed by atoms with Crippen molar-refractivity contribution in [3.05, 3.63) is 62.4 Å². The third kappa shape index (κ3) is 4.57. The van der Waals surface area contributed by atoms with E-state index in [0.717, 1.165) is 19.9 Å². The molecule has 3 aromatic rings. The lowest BCUT2D eigenvalue weighted by Gasteiger charge is -2.06. The average Bonchev–Trinajstić information content (AvgIpc) is 3.29. The van der Waals surface area contributed by atoms with E-state index in [1.54, 1.807) is 28.8 Å². The summed E-state index contributed by atoms with van der Waals surface area (Å²) >= 11 is 6.44. The molecule has 8 heteroatoms. The maximum atomic E-state index is 12.3. The molecule has 2 aromatic heterocycles. The lowest BCUT2D eigenvalue weighted by atomic mass is 10.1. The molecule has 0 spiro atoms. The van der Waals surface area contributed by atoms with E-state index in [1.807, 2.05) is 30.5 Å². The molecule has 1 aromatic carbocycles.